The summed E-state index contributed by atoms with van der Waals surface area (Å²) in [6.07, 6.45) is 6.38. The second-order valence-electron chi connectivity index (χ2n) is 6.09. The smallest absolute Gasteiger partial charge is 0.263 e. The third kappa shape index (κ3) is 3.35. The molecule has 0 radical (unpaired) electrons. The van der Waals surface area contributed by atoms with Gasteiger partial charge in [0.15, 0.2) is 0 Å². The monoisotopic (exact) mass is 315 g/mol. The number of thiazole rings is 1. The molecule has 2 unspecified atom stereocenters. The second-order valence-corrected chi connectivity index (χ2v) is 7.09. The number of nitrogens with zero attached hydrogens (tertiary/aromatic N) is 2. The Morgan fingerprint density at radius 3 is 2.95 bits per heavy atom. The van der Waals surface area contributed by atoms with E-state index in [4.69, 9.17) is 0 Å². The Kier molecular flexibility index (Phi) is 4.52. The summed E-state index contributed by atoms with van der Waals surface area (Å²) in [4.78, 5) is 22.0. The van der Waals surface area contributed by atoms with Gasteiger partial charge in [0.25, 0.3) is 5.91 Å². The van der Waals surface area contributed by atoms with Crippen LogP contribution < -0.4 is 5.32 Å². The van der Waals surface area contributed by atoms with Crippen LogP contribution in [0.2, 0.25) is 0 Å². The first-order chi connectivity index (χ1) is 10.6. The van der Waals surface area contributed by atoms with E-state index in [1.807, 2.05) is 25.1 Å². The van der Waals surface area contributed by atoms with Gasteiger partial charge in [-0.25, -0.2) is 4.98 Å². The minimum absolute atomic E-state index is 0.0104. The lowest BCUT2D eigenvalue weighted by molar-refractivity contribution is 0.0924. The second kappa shape index (κ2) is 6.57. The van der Waals surface area contributed by atoms with Crippen LogP contribution in [-0.4, -0.2) is 21.9 Å². The van der Waals surface area contributed by atoms with Gasteiger partial charge in [0.2, 0.25) is 0 Å². The Morgan fingerprint density at radius 2 is 2.23 bits per heavy atom. The SMILES string of the molecule is Cc1nc(-c2ccccn2)sc1C(=O)NC1CCCC(C)C1. The molecule has 5 heteroatoms. The highest BCUT2D eigenvalue weighted by Crippen LogP contribution is 2.28. The molecule has 0 aliphatic heterocycles. The van der Waals surface area contributed by atoms with Gasteiger partial charge in [-0.05, 0) is 37.8 Å². The van der Waals surface area contributed by atoms with Gasteiger partial charge in [-0.3, -0.25) is 9.78 Å². The molecule has 1 amide bonds. The summed E-state index contributed by atoms with van der Waals surface area (Å²) < 4.78 is 0. The molecule has 4 nitrogen and oxygen atoms in total. The minimum Gasteiger partial charge on any atom is -0.349 e. The zero-order chi connectivity index (χ0) is 15.5. The predicted molar refractivity (Wildman–Crippen MR) is 89.0 cm³/mol. The van der Waals surface area contributed by atoms with Crippen molar-refractivity contribution >= 4 is 17.2 Å². The maximum Gasteiger partial charge on any atom is 0.263 e. The standard InChI is InChI=1S/C17H21N3OS/c1-11-6-5-7-13(10-11)20-16(21)15-12(2)19-17(22-15)14-8-3-4-9-18-14/h3-4,8-9,11,13H,5-7,10H2,1-2H3,(H,20,21). The third-order valence-corrected chi connectivity index (χ3v) is 5.34. The largest absolute Gasteiger partial charge is 0.349 e. The summed E-state index contributed by atoms with van der Waals surface area (Å²) in [5.41, 5.74) is 1.60. The number of aromatic nitrogens is 2. The lowest BCUT2D eigenvalue weighted by atomic mass is 9.87. The average molecular weight is 315 g/mol. The maximum absolute atomic E-state index is 12.5. The van der Waals surface area contributed by atoms with Crippen LogP contribution in [0.5, 0.6) is 0 Å². The molecule has 0 spiro atoms. The normalized spacial score (nSPS) is 21.5. The van der Waals surface area contributed by atoms with Gasteiger partial charge in [-0.2, -0.15) is 0 Å². The Hall–Kier alpha value is -1.75. The predicted octanol–water partition coefficient (Wildman–Crippen LogP) is 3.82. The molecule has 2 atom stereocenters. The van der Waals surface area contributed by atoms with Crippen molar-refractivity contribution in [3.05, 3.63) is 35.0 Å². The highest BCUT2D eigenvalue weighted by Gasteiger charge is 2.23. The molecule has 2 aromatic rings. The molecule has 1 saturated carbocycles. The van der Waals surface area contributed by atoms with Crippen LogP contribution >= 0.6 is 11.3 Å². The van der Waals surface area contributed by atoms with Crippen LogP contribution in [0.4, 0.5) is 0 Å². The highest BCUT2D eigenvalue weighted by atomic mass is 32.1. The number of carbonyl (C=O) groups excluding carboxylic acids is 1. The van der Waals surface area contributed by atoms with Crippen molar-refractivity contribution < 1.29 is 4.79 Å². The van der Waals surface area contributed by atoms with Crippen molar-refractivity contribution in [3.8, 4) is 10.7 Å². The molecular weight excluding hydrogens is 294 g/mol. The summed E-state index contributed by atoms with van der Waals surface area (Å²) in [7, 11) is 0. The van der Waals surface area contributed by atoms with Crippen LogP contribution in [0.25, 0.3) is 10.7 Å². The van der Waals surface area contributed by atoms with Crippen molar-refractivity contribution in [3.63, 3.8) is 0 Å². The van der Waals surface area contributed by atoms with E-state index in [9.17, 15) is 4.79 Å². The van der Waals surface area contributed by atoms with Crippen LogP contribution in [0.3, 0.4) is 0 Å². The number of nitrogens with one attached hydrogen (secondary N) is 1. The first-order valence-corrected chi connectivity index (χ1v) is 8.65. The van der Waals surface area contributed by atoms with Gasteiger partial charge >= 0.3 is 0 Å². The summed E-state index contributed by atoms with van der Waals surface area (Å²) in [6.45, 7) is 4.15. The van der Waals surface area contributed by atoms with Crippen molar-refractivity contribution in [2.24, 2.45) is 5.92 Å². The van der Waals surface area contributed by atoms with E-state index in [2.05, 4.69) is 22.2 Å². The summed E-state index contributed by atoms with van der Waals surface area (Å²) in [5.74, 6) is 0.710. The lowest BCUT2D eigenvalue weighted by Crippen LogP contribution is -2.37. The summed E-state index contributed by atoms with van der Waals surface area (Å²) in [6, 6.07) is 6.03. The van der Waals surface area contributed by atoms with Gasteiger partial charge in [-0.1, -0.05) is 25.8 Å². The molecule has 0 saturated heterocycles. The molecule has 1 fully saturated rings. The molecular formula is C17H21N3OS. The topological polar surface area (TPSA) is 54.9 Å². The molecule has 1 aliphatic carbocycles. The van der Waals surface area contributed by atoms with Crippen LogP contribution in [0, 0.1) is 12.8 Å². The molecule has 22 heavy (non-hydrogen) atoms. The van der Waals surface area contributed by atoms with Crippen molar-refractivity contribution in [2.75, 3.05) is 0 Å². The fourth-order valence-corrected chi connectivity index (χ4v) is 3.97. The van der Waals surface area contributed by atoms with Gasteiger partial charge in [-0.15, -0.1) is 11.3 Å². The molecule has 0 bridgehead atoms. The molecule has 116 valence electrons. The Labute approximate surface area is 135 Å². The number of aryl methyl sites for hydroxylation is 1. The molecule has 3 rings (SSSR count). The number of carbonyl (C=O) groups is 1. The first-order valence-electron chi connectivity index (χ1n) is 7.83. The quantitative estimate of drug-likeness (QED) is 0.936. The summed E-state index contributed by atoms with van der Waals surface area (Å²) in [5, 5.41) is 3.99. The van der Waals surface area contributed by atoms with Gasteiger partial charge in [0, 0.05) is 12.2 Å². The zero-order valence-electron chi connectivity index (χ0n) is 13.0. The Morgan fingerprint density at radius 1 is 1.36 bits per heavy atom. The number of rotatable bonds is 3. The molecule has 0 aromatic carbocycles. The summed E-state index contributed by atoms with van der Waals surface area (Å²) >= 11 is 1.42. The average Bonchev–Trinajstić information content (AvgIpc) is 2.90. The number of hydrogen-bond donors (Lipinski definition) is 1. The fraction of sp³-hybridized carbons (Fsp3) is 0.471. The third-order valence-electron chi connectivity index (χ3n) is 4.16. The number of pyridine rings is 1. The van der Waals surface area contributed by atoms with E-state index in [1.54, 1.807) is 6.20 Å². The lowest BCUT2D eigenvalue weighted by Gasteiger charge is -2.27. The first kappa shape index (κ1) is 15.2. The number of hydrogen-bond acceptors (Lipinski definition) is 4. The fourth-order valence-electron chi connectivity index (χ4n) is 3.02. The maximum atomic E-state index is 12.5. The van der Waals surface area contributed by atoms with Crippen LogP contribution in [-0.2, 0) is 0 Å². The number of amides is 1. The van der Waals surface area contributed by atoms with E-state index in [0.717, 1.165) is 29.2 Å². The van der Waals surface area contributed by atoms with E-state index in [0.29, 0.717) is 16.8 Å². The van der Waals surface area contributed by atoms with E-state index in [1.165, 1.54) is 24.2 Å². The van der Waals surface area contributed by atoms with Crippen LogP contribution in [0.1, 0.15) is 48.0 Å². The molecule has 1 N–H and O–H groups in total. The van der Waals surface area contributed by atoms with E-state index < -0.39 is 0 Å². The van der Waals surface area contributed by atoms with E-state index >= 15 is 0 Å². The highest BCUT2D eigenvalue weighted by molar-refractivity contribution is 7.17. The van der Waals surface area contributed by atoms with Crippen molar-refractivity contribution in [1.82, 2.24) is 15.3 Å². The van der Waals surface area contributed by atoms with Crippen LogP contribution in [0.15, 0.2) is 24.4 Å². The van der Waals surface area contributed by atoms with E-state index in [-0.39, 0.29) is 5.91 Å². The Balaban J connectivity index is 1.74. The van der Waals surface area contributed by atoms with Gasteiger partial charge < -0.3 is 5.32 Å². The van der Waals surface area contributed by atoms with Crippen molar-refractivity contribution in [2.45, 2.75) is 45.6 Å². The molecule has 1 aliphatic rings. The van der Waals surface area contributed by atoms with Crippen molar-refractivity contribution in [1.29, 1.82) is 0 Å². The zero-order valence-corrected chi connectivity index (χ0v) is 13.8. The van der Waals surface area contributed by atoms with Gasteiger partial charge in [0.1, 0.15) is 9.88 Å². The minimum atomic E-state index is 0.0104. The molecule has 2 heterocycles. The molecule has 2 aromatic heterocycles. The van der Waals surface area contributed by atoms with Gasteiger partial charge in [0.05, 0.1) is 11.4 Å². The Bertz CT molecular complexity index is 653.